The molecule has 1 aromatic heterocycles. The van der Waals surface area contributed by atoms with Gasteiger partial charge in [-0.05, 0) is 37.9 Å². The highest BCUT2D eigenvalue weighted by Gasteiger charge is 2.29. The molecule has 2 heteroatoms. The highest BCUT2D eigenvalue weighted by Crippen LogP contribution is 2.34. The zero-order chi connectivity index (χ0) is 9.80. The Labute approximate surface area is 85.7 Å². The van der Waals surface area contributed by atoms with Crippen LogP contribution in [0.4, 0.5) is 0 Å². The van der Waals surface area contributed by atoms with Gasteiger partial charge in [-0.15, -0.1) is 0 Å². The summed E-state index contributed by atoms with van der Waals surface area (Å²) in [7, 11) is 0. The minimum Gasteiger partial charge on any atom is -0.469 e. The van der Waals surface area contributed by atoms with E-state index in [4.69, 9.17) is 4.42 Å². The first-order valence-corrected chi connectivity index (χ1v) is 5.68. The van der Waals surface area contributed by atoms with Gasteiger partial charge in [0.2, 0.25) is 0 Å². The average Bonchev–Trinajstić information content (AvgIpc) is 2.84. The summed E-state index contributed by atoms with van der Waals surface area (Å²) < 4.78 is 5.49. The van der Waals surface area contributed by atoms with E-state index < -0.39 is 0 Å². The van der Waals surface area contributed by atoms with Crippen molar-refractivity contribution in [1.82, 2.24) is 5.32 Å². The number of rotatable bonds is 4. The van der Waals surface area contributed by atoms with Gasteiger partial charge in [-0.25, -0.2) is 0 Å². The molecule has 14 heavy (non-hydrogen) atoms. The van der Waals surface area contributed by atoms with Crippen LogP contribution in [0.3, 0.4) is 0 Å². The molecular weight excluding hydrogens is 174 g/mol. The number of nitrogens with one attached hydrogen (secondary N) is 1. The van der Waals surface area contributed by atoms with Gasteiger partial charge in [0.15, 0.2) is 0 Å². The second-order valence-electron chi connectivity index (χ2n) is 4.11. The van der Waals surface area contributed by atoms with E-state index in [1.807, 2.05) is 6.07 Å². The molecule has 1 fully saturated rings. The van der Waals surface area contributed by atoms with Gasteiger partial charge in [0.25, 0.3) is 0 Å². The number of furan rings is 1. The van der Waals surface area contributed by atoms with Crippen molar-refractivity contribution in [3.05, 3.63) is 24.2 Å². The van der Waals surface area contributed by atoms with E-state index in [2.05, 4.69) is 18.3 Å². The van der Waals surface area contributed by atoms with E-state index in [-0.39, 0.29) is 0 Å². The molecule has 0 saturated heterocycles. The summed E-state index contributed by atoms with van der Waals surface area (Å²) in [4.78, 5) is 0. The van der Waals surface area contributed by atoms with Crippen LogP contribution in [0, 0.1) is 0 Å². The Balaban J connectivity index is 1.97. The van der Waals surface area contributed by atoms with Crippen molar-refractivity contribution in [2.75, 3.05) is 6.54 Å². The maximum atomic E-state index is 5.49. The van der Waals surface area contributed by atoms with Crippen LogP contribution >= 0.6 is 0 Å². The van der Waals surface area contributed by atoms with Gasteiger partial charge in [0, 0.05) is 12.0 Å². The van der Waals surface area contributed by atoms with Gasteiger partial charge in [-0.1, -0.05) is 13.3 Å². The molecule has 1 aliphatic carbocycles. The van der Waals surface area contributed by atoms with Crippen LogP contribution in [0.25, 0.3) is 0 Å². The quantitative estimate of drug-likeness (QED) is 0.795. The fraction of sp³-hybridized carbons (Fsp3) is 0.667. The second kappa shape index (κ2) is 4.65. The molecule has 1 saturated carbocycles. The van der Waals surface area contributed by atoms with Crippen LogP contribution in [0.2, 0.25) is 0 Å². The van der Waals surface area contributed by atoms with E-state index in [0.717, 1.165) is 12.3 Å². The lowest BCUT2D eigenvalue weighted by atomic mass is 10.0. The molecule has 2 unspecified atom stereocenters. The lowest BCUT2D eigenvalue weighted by Crippen LogP contribution is -2.31. The molecule has 0 bridgehead atoms. The predicted molar refractivity (Wildman–Crippen MR) is 57.4 cm³/mol. The molecule has 0 amide bonds. The standard InChI is InChI=1S/C12H19NO/c1-2-8-13-11-6-3-5-10(11)12-7-4-9-14-12/h4,7,9-11,13H,2-3,5-6,8H2,1H3. The monoisotopic (exact) mass is 193 g/mol. The topological polar surface area (TPSA) is 25.2 Å². The highest BCUT2D eigenvalue weighted by atomic mass is 16.3. The number of hydrogen-bond donors (Lipinski definition) is 1. The van der Waals surface area contributed by atoms with Gasteiger partial charge in [-0.3, -0.25) is 0 Å². The van der Waals surface area contributed by atoms with Crippen molar-refractivity contribution < 1.29 is 4.42 Å². The van der Waals surface area contributed by atoms with E-state index in [0.29, 0.717) is 12.0 Å². The van der Waals surface area contributed by atoms with Crippen LogP contribution in [0.15, 0.2) is 22.8 Å². The van der Waals surface area contributed by atoms with E-state index in [1.165, 1.54) is 25.7 Å². The smallest absolute Gasteiger partial charge is 0.108 e. The second-order valence-corrected chi connectivity index (χ2v) is 4.11. The first-order valence-electron chi connectivity index (χ1n) is 5.68. The van der Waals surface area contributed by atoms with Crippen LogP contribution in [0.1, 0.15) is 44.3 Å². The zero-order valence-corrected chi connectivity index (χ0v) is 8.83. The molecule has 0 radical (unpaired) electrons. The largest absolute Gasteiger partial charge is 0.469 e. The number of hydrogen-bond acceptors (Lipinski definition) is 2. The lowest BCUT2D eigenvalue weighted by molar-refractivity contribution is 0.403. The summed E-state index contributed by atoms with van der Waals surface area (Å²) in [6.07, 6.45) is 6.89. The van der Waals surface area contributed by atoms with Crippen LogP contribution in [-0.4, -0.2) is 12.6 Å². The summed E-state index contributed by atoms with van der Waals surface area (Å²) in [5.74, 6) is 1.77. The summed E-state index contributed by atoms with van der Waals surface area (Å²) in [6, 6.07) is 4.74. The SMILES string of the molecule is CCCNC1CCCC1c1ccco1. The van der Waals surface area contributed by atoms with Crippen molar-refractivity contribution in [3.63, 3.8) is 0 Å². The summed E-state index contributed by atoms with van der Waals surface area (Å²) in [6.45, 7) is 3.34. The third kappa shape index (κ3) is 2.01. The molecule has 1 heterocycles. The van der Waals surface area contributed by atoms with Gasteiger partial charge in [-0.2, -0.15) is 0 Å². The fourth-order valence-electron chi connectivity index (χ4n) is 2.38. The van der Waals surface area contributed by atoms with Gasteiger partial charge < -0.3 is 9.73 Å². The van der Waals surface area contributed by atoms with E-state index in [9.17, 15) is 0 Å². The van der Waals surface area contributed by atoms with Crippen molar-refractivity contribution in [1.29, 1.82) is 0 Å². The normalized spacial score (nSPS) is 26.9. The van der Waals surface area contributed by atoms with Gasteiger partial charge in [0.1, 0.15) is 5.76 Å². The molecule has 78 valence electrons. The Kier molecular flexibility index (Phi) is 3.25. The zero-order valence-electron chi connectivity index (χ0n) is 8.83. The third-order valence-corrected chi connectivity index (χ3v) is 3.08. The summed E-state index contributed by atoms with van der Waals surface area (Å²) in [5.41, 5.74) is 0. The summed E-state index contributed by atoms with van der Waals surface area (Å²) in [5, 5.41) is 3.61. The highest BCUT2D eigenvalue weighted by molar-refractivity contribution is 5.10. The molecule has 2 rings (SSSR count). The molecule has 0 aliphatic heterocycles. The van der Waals surface area contributed by atoms with Crippen molar-refractivity contribution >= 4 is 0 Å². The minimum atomic E-state index is 0.608. The Morgan fingerprint density at radius 1 is 1.50 bits per heavy atom. The Hall–Kier alpha value is -0.760. The van der Waals surface area contributed by atoms with Crippen LogP contribution in [0.5, 0.6) is 0 Å². The molecule has 1 N–H and O–H groups in total. The first-order chi connectivity index (χ1) is 6.92. The predicted octanol–water partition coefficient (Wildman–Crippen LogP) is 2.92. The van der Waals surface area contributed by atoms with Crippen LogP contribution in [-0.2, 0) is 0 Å². The Bertz CT molecular complexity index is 255. The minimum absolute atomic E-state index is 0.608. The third-order valence-electron chi connectivity index (χ3n) is 3.08. The van der Waals surface area contributed by atoms with Crippen molar-refractivity contribution in [3.8, 4) is 0 Å². The molecular formula is C12H19NO. The van der Waals surface area contributed by atoms with E-state index >= 15 is 0 Å². The molecule has 2 nitrogen and oxygen atoms in total. The average molecular weight is 193 g/mol. The van der Waals surface area contributed by atoms with Crippen LogP contribution < -0.4 is 5.32 Å². The van der Waals surface area contributed by atoms with E-state index in [1.54, 1.807) is 6.26 Å². The summed E-state index contributed by atoms with van der Waals surface area (Å²) >= 11 is 0. The molecule has 0 aromatic carbocycles. The lowest BCUT2D eigenvalue weighted by Gasteiger charge is -2.18. The Morgan fingerprint density at radius 3 is 3.14 bits per heavy atom. The van der Waals surface area contributed by atoms with Gasteiger partial charge >= 0.3 is 0 Å². The Morgan fingerprint density at radius 2 is 2.43 bits per heavy atom. The van der Waals surface area contributed by atoms with Crippen molar-refractivity contribution in [2.45, 2.75) is 44.6 Å². The maximum absolute atomic E-state index is 5.49. The van der Waals surface area contributed by atoms with Crippen molar-refractivity contribution in [2.24, 2.45) is 0 Å². The first kappa shape index (κ1) is 9.78. The molecule has 1 aromatic rings. The molecule has 1 aliphatic rings. The molecule has 0 spiro atoms. The maximum Gasteiger partial charge on any atom is 0.108 e. The van der Waals surface area contributed by atoms with Gasteiger partial charge in [0.05, 0.1) is 6.26 Å². The fourth-order valence-corrected chi connectivity index (χ4v) is 2.38. The molecule has 2 atom stereocenters.